The molecule has 1 aliphatic carbocycles. The summed E-state index contributed by atoms with van der Waals surface area (Å²) < 4.78 is 0. The molecule has 0 saturated carbocycles. The Bertz CT molecular complexity index is 554. The van der Waals surface area contributed by atoms with Crippen molar-refractivity contribution in [3.05, 3.63) is 11.6 Å². The number of nitrogens with one attached hydrogen (secondary N) is 1. The van der Waals surface area contributed by atoms with Gasteiger partial charge in [-0.3, -0.25) is 24.8 Å². The summed E-state index contributed by atoms with van der Waals surface area (Å²) in [6.07, 6.45) is 8.69. The molecule has 0 aromatic heterocycles. The van der Waals surface area contributed by atoms with Gasteiger partial charge in [-0.25, -0.2) is 4.79 Å². The van der Waals surface area contributed by atoms with E-state index in [1.807, 2.05) is 19.0 Å². The van der Waals surface area contributed by atoms with Crippen molar-refractivity contribution in [1.82, 2.24) is 15.1 Å². The van der Waals surface area contributed by atoms with Gasteiger partial charge < -0.3 is 4.90 Å². The summed E-state index contributed by atoms with van der Waals surface area (Å²) in [7, 11) is 3.85. The zero-order chi connectivity index (χ0) is 17.5. The largest absolute Gasteiger partial charge is 0.330 e. The van der Waals surface area contributed by atoms with E-state index in [1.165, 1.54) is 18.2 Å². The van der Waals surface area contributed by atoms with Gasteiger partial charge in [0.1, 0.15) is 0 Å². The summed E-state index contributed by atoms with van der Waals surface area (Å²) in [5.41, 5.74) is 1.29. The second-order valence-electron chi connectivity index (χ2n) is 6.48. The van der Waals surface area contributed by atoms with Crippen LogP contribution in [0.5, 0.6) is 0 Å². The minimum atomic E-state index is -1.01. The summed E-state index contributed by atoms with van der Waals surface area (Å²) >= 11 is 0. The highest BCUT2D eigenvalue weighted by atomic mass is 16.2. The van der Waals surface area contributed by atoms with Crippen LogP contribution in [0.1, 0.15) is 32.1 Å². The molecule has 0 bridgehead atoms. The molecule has 1 saturated heterocycles. The van der Waals surface area contributed by atoms with Gasteiger partial charge >= 0.3 is 6.03 Å². The number of hydrogen-bond acceptors (Lipinski definition) is 5. The van der Waals surface area contributed by atoms with Crippen molar-refractivity contribution >= 4 is 24.1 Å². The number of carbonyl (C=O) groups excluding carboxylic acids is 3. The summed E-state index contributed by atoms with van der Waals surface area (Å²) in [4.78, 5) is 43.6. The monoisotopic (exact) mass is 334 g/mol. The van der Waals surface area contributed by atoms with Crippen LogP contribution in [0.3, 0.4) is 0 Å². The molecular weight excluding hydrogens is 308 g/mol. The van der Waals surface area contributed by atoms with Gasteiger partial charge in [0.15, 0.2) is 5.92 Å². The summed E-state index contributed by atoms with van der Waals surface area (Å²) in [5, 5.41) is 2.25. The first-order chi connectivity index (χ1) is 11.5. The van der Waals surface area contributed by atoms with E-state index in [0.717, 1.165) is 30.7 Å². The Kier molecular flexibility index (Phi) is 6.66. The third-order valence-electron chi connectivity index (χ3n) is 4.26. The molecule has 24 heavy (non-hydrogen) atoms. The first-order valence-electron chi connectivity index (χ1n) is 8.48. The third kappa shape index (κ3) is 4.99. The predicted octanol–water partition coefficient (Wildman–Crippen LogP) is 1.20. The van der Waals surface area contributed by atoms with E-state index in [4.69, 9.17) is 0 Å². The number of imide groups is 2. The Balaban J connectivity index is 1.95. The normalized spacial score (nSPS) is 22.3. The Morgan fingerprint density at radius 3 is 2.79 bits per heavy atom. The number of amides is 4. The molecule has 1 aliphatic heterocycles. The fraction of sp³-hybridized carbons (Fsp3) is 0.647. The third-order valence-corrected chi connectivity index (χ3v) is 4.26. The average molecular weight is 334 g/mol. The Labute approximate surface area is 142 Å². The molecule has 0 radical (unpaired) electrons. The van der Waals surface area contributed by atoms with Crippen LogP contribution < -0.4 is 5.32 Å². The van der Waals surface area contributed by atoms with Crippen LogP contribution in [0.4, 0.5) is 4.79 Å². The number of rotatable bonds is 7. The Morgan fingerprint density at radius 1 is 1.33 bits per heavy atom. The Hall–Kier alpha value is -2.02. The molecule has 0 aromatic carbocycles. The molecule has 7 nitrogen and oxygen atoms in total. The fourth-order valence-electron chi connectivity index (χ4n) is 2.80. The molecule has 2 rings (SSSR count). The van der Waals surface area contributed by atoms with Crippen molar-refractivity contribution < 1.29 is 14.4 Å². The molecule has 1 heterocycles. The van der Waals surface area contributed by atoms with Gasteiger partial charge in [-0.05, 0) is 46.2 Å². The summed E-state index contributed by atoms with van der Waals surface area (Å²) in [6.45, 7) is 1.55. The molecule has 1 unspecified atom stereocenters. The lowest BCUT2D eigenvalue weighted by Crippen LogP contribution is -2.58. The summed E-state index contributed by atoms with van der Waals surface area (Å²) in [6, 6.07) is -0.626. The average Bonchev–Trinajstić information content (AvgIpc) is 2.54. The van der Waals surface area contributed by atoms with E-state index in [-0.39, 0.29) is 0 Å². The van der Waals surface area contributed by atoms with Gasteiger partial charge in [0.2, 0.25) is 11.8 Å². The van der Waals surface area contributed by atoms with Crippen molar-refractivity contribution in [2.75, 3.05) is 33.7 Å². The van der Waals surface area contributed by atoms with E-state index in [9.17, 15) is 14.4 Å². The molecule has 7 heteroatoms. The van der Waals surface area contributed by atoms with Crippen molar-refractivity contribution in [3.63, 3.8) is 0 Å². The molecule has 132 valence electrons. The number of carbonyl (C=O) groups is 3. The van der Waals surface area contributed by atoms with Crippen molar-refractivity contribution in [3.8, 4) is 0 Å². The van der Waals surface area contributed by atoms with Crippen molar-refractivity contribution in [1.29, 1.82) is 0 Å². The first kappa shape index (κ1) is 18.3. The number of likely N-dealkylation sites (N-methyl/N-ethyl adjacent to an activating group) is 1. The minimum Gasteiger partial charge on any atom is -0.308 e. The highest BCUT2D eigenvalue weighted by Crippen LogP contribution is 2.21. The highest BCUT2D eigenvalue weighted by molar-refractivity contribution is 6.23. The van der Waals surface area contributed by atoms with Crippen LogP contribution >= 0.6 is 0 Å². The second-order valence-corrected chi connectivity index (χ2v) is 6.48. The number of hydrogen-bond donors (Lipinski definition) is 1. The van der Waals surface area contributed by atoms with Gasteiger partial charge in [-0.2, -0.15) is 0 Å². The lowest BCUT2D eigenvalue weighted by molar-refractivity contribution is -0.139. The highest BCUT2D eigenvalue weighted by Gasteiger charge is 2.39. The maximum atomic E-state index is 12.5. The van der Waals surface area contributed by atoms with E-state index >= 15 is 0 Å². The van der Waals surface area contributed by atoms with E-state index in [1.54, 1.807) is 0 Å². The SMILES string of the molecule is CN(C)CCN=CC1C(=O)NC(=O)N(CCC2=CCCCC2)C1=O. The van der Waals surface area contributed by atoms with E-state index in [2.05, 4.69) is 16.4 Å². The molecular formula is C17H26N4O3. The van der Waals surface area contributed by atoms with Crippen molar-refractivity contribution in [2.45, 2.75) is 32.1 Å². The molecule has 0 aromatic rings. The zero-order valence-corrected chi connectivity index (χ0v) is 14.5. The van der Waals surface area contributed by atoms with Gasteiger partial charge in [-0.1, -0.05) is 11.6 Å². The molecule has 1 fully saturated rings. The molecule has 0 spiro atoms. The topological polar surface area (TPSA) is 82.1 Å². The molecule has 1 atom stereocenters. The van der Waals surface area contributed by atoms with Crippen LogP contribution in [0.2, 0.25) is 0 Å². The fourth-order valence-corrected chi connectivity index (χ4v) is 2.80. The van der Waals surface area contributed by atoms with Gasteiger partial charge in [0, 0.05) is 19.3 Å². The zero-order valence-electron chi connectivity index (χ0n) is 14.5. The van der Waals surface area contributed by atoms with E-state index < -0.39 is 23.8 Å². The second kappa shape index (κ2) is 8.73. The maximum absolute atomic E-state index is 12.5. The van der Waals surface area contributed by atoms with Gasteiger partial charge in [-0.15, -0.1) is 0 Å². The minimum absolute atomic E-state index is 0.311. The Morgan fingerprint density at radius 2 is 2.12 bits per heavy atom. The standard InChI is InChI=1S/C17H26N4O3/c1-20(2)11-9-18-12-14-15(22)19-17(24)21(16(14)23)10-8-13-6-4-3-5-7-13/h6,12,14H,3-5,7-11H2,1-2H3,(H,19,22,24). The van der Waals surface area contributed by atoms with Crippen LogP contribution in [0.15, 0.2) is 16.6 Å². The van der Waals surface area contributed by atoms with Crippen molar-refractivity contribution in [2.24, 2.45) is 10.9 Å². The lowest BCUT2D eigenvalue weighted by Gasteiger charge is -2.29. The number of nitrogens with zero attached hydrogens (tertiary/aromatic N) is 3. The number of allylic oxidation sites excluding steroid dienone is 1. The predicted molar refractivity (Wildman–Crippen MR) is 91.8 cm³/mol. The molecule has 1 N–H and O–H groups in total. The first-order valence-corrected chi connectivity index (χ1v) is 8.48. The number of aliphatic imine (C=N–C) groups is 1. The van der Waals surface area contributed by atoms with Crippen LogP contribution in [0.25, 0.3) is 0 Å². The van der Waals surface area contributed by atoms with Gasteiger partial charge in [0.25, 0.3) is 0 Å². The lowest BCUT2D eigenvalue weighted by atomic mass is 9.97. The number of barbiturate groups is 1. The van der Waals surface area contributed by atoms with Crippen LogP contribution in [-0.4, -0.2) is 67.6 Å². The number of urea groups is 1. The van der Waals surface area contributed by atoms with Crippen LogP contribution in [0, 0.1) is 5.92 Å². The molecule has 2 aliphatic rings. The quantitative estimate of drug-likeness (QED) is 0.431. The van der Waals surface area contributed by atoms with Gasteiger partial charge in [0.05, 0.1) is 6.54 Å². The molecule has 4 amide bonds. The van der Waals surface area contributed by atoms with E-state index in [0.29, 0.717) is 19.5 Å². The summed E-state index contributed by atoms with van der Waals surface area (Å²) in [5.74, 6) is -2.08. The smallest absolute Gasteiger partial charge is 0.308 e. The van der Waals surface area contributed by atoms with Crippen LogP contribution in [-0.2, 0) is 9.59 Å². The maximum Gasteiger partial charge on any atom is 0.330 e.